The summed E-state index contributed by atoms with van der Waals surface area (Å²) in [7, 11) is 0. The van der Waals surface area contributed by atoms with Crippen molar-refractivity contribution in [3.63, 3.8) is 0 Å². The van der Waals surface area contributed by atoms with Gasteiger partial charge in [0.15, 0.2) is 0 Å². The van der Waals surface area contributed by atoms with Crippen LogP contribution in [-0.4, -0.2) is 15.0 Å². The Bertz CT molecular complexity index is 515. The van der Waals surface area contributed by atoms with Gasteiger partial charge < -0.3 is 5.73 Å². The summed E-state index contributed by atoms with van der Waals surface area (Å²) in [6, 6.07) is 4.65. The van der Waals surface area contributed by atoms with E-state index in [-0.39, 0.29) is 11.9 Å². The van der Waals surface area contributed by atoms with Crippen LogP contribution in [0.15, 0.2) is 24.4 Å². The number of benzene rings is 1. The lowest BCUT2D eigenvalue weighted by molar-refractivity contribution is 0.618. The first-order valence-electron chi connectivity index (χ1n) is 6.05. The van der Waals surface area contributed by atoms with Crippen LogP contribution in [0.4, 0.5) is 4.39 Å². The number of aryl methyl sites for hydroxylation is 1. The maximum absolute atomic E-state index is 13.3. The smallest absolute Gasteiger partial charge is 0.125 e. The number of halogens is 1. The Morgan fingerprint density at radius 2 is 2.17 bits per heavy atom. The van der Waals surface area contributed by atoms with Gasteiger partial charge >= 0.3 is 0 Å². The monoisotopic (exact) mass is 248 g/mol. The Morgan fingerprint density at radius 1 is 1.39 bits per heavy atom. The van der Waals surface area contributed by atoms with E-state index in [1.54, 1.807) is 10.9 Å². The molecule has 4 nitrogen and oxygen atoms in total. The Labute approximate surface area is 106 Å². The molecule has 0 aliphatic heterocycles. The molecule has 1 aromatic carbocycles. The number of hydrogen-bond acceptors (Lipinski definition) is 3. The summed E-state index contributed by atoms with van der Waals surface area (Å²) in [5.41, 5.74) is 8.21. The van der Waals surface area contributed by atoms with Gasteiger partial charge in [0.1, 0.15) is 5.82 Å². The summed E-state index contributed by atoms with van der Waals surface area (Å²) in [6.07, 6.45) is 3.61. The van der Waals surface area contributed by atoms with Crippen molar-refractivity contribution in [2.24, 2.45) is 5.73 Å². The molecule has 0 saturated heterocycles. The highest BCUT2D eigenvalue weighted by molar-refractivity contribution is 5.35. The first-order valence-corrected chi connectivity index (χ1v) is 6.05. The zero-order valence-corrected chi connectivity index (χ0v) is 10.6. The van der Waals surface area contributed by atoms with E-state index in [1.807, 2.05) is 13.0 Å². The largest absolute Gasteiger partial charge is 0.323 e. The van der Waals surface area contributed by atoms with Crippen LogP contribution < -0.4 is 5.73 Å². The molecule has 0 spiro atoms. The summed E-state index contributed by atoms with van der Waals surface area (Å²) in [5, 5.41) is 8.03. The van der Waals surface area contributed by atoms with Crippen LogP contribution in [-0.2, 0) is 0 Å². The Kier molecular flexibility index (Phi) is 3.72. The van der Waals surface area contributed by atoms with Crippen LogP contribution in [0.25, 0.3) is 5.69 Å². The minimum Gasteiger partial charge on any atom is -0.323 e. The van der Waals surface area contributed by atoms with Crippen LogP contribution in [0.3, 0.4) is 0 Å². The highest BCUT2D eigenvalue weighted by atomic mass is 19.1. The fourth-order valence-electron chi connectivity index (χ4n) is 1.88. The highest BCUT2D eigenvalue weighted by Crippen LogP contribution is 2.16. The second-order valence-corrected chi connectivity index (χ2v) is 4.47. The van der Waals surface area contributed by atoms with E-state index in [0.717, 1.165) is 24.1 Å². The lowest BCUT2D eigenvalue weighted by Gasteiger charge is -2.05. The molecule has 1 aromatic heterocycles. The molecule has 2 aromatic rings. The Morgan fingerprint density at radius 3 is 2.83 bits per heavy atom. The zero-order valence-electron chi connectivity index (χ0n) is 10.6. The molecule has 2 rings (SSSR count). The fourth-order valence-corrected chi connectivity index (χ4v) is 1.88. The third kappa shape index (κ3) is 2.73. The molecule has 0 aliphatic rings. The van der Waals surface area contributed by atoms with Gasteiger partial charge in [0.25, 0.3) is 0 Å². The lowest BCUT2D eigenvalue weighted by Crippen LogP contribution is -2.10. The fraction of sp³-hybridized carbons (Fsp3) is 0.385. The van der Waals surface area contributed by atoms with Crippen molar-refractivity contribution in [1.82, 2.24) is 15.0 Å². The molecular weight excluding hydrogens is 231 g/mol. The van der Waals surface area contributed by atoms with Gasteiger partial charge in [-0.3, -0.25) is 0 Å². The quantitative estimate of drug-likeness (QED) is 0.904. The summed E-state index contributed by atoms with van der Waals surface area (Å²) in [5.74, 6) is -0.278. The molecule has 1 atom stereocenters. The van der Waals surface area contributed by atoms with E-state index in [1.165, 1.54) is 12.1 Å². The first kappa shape index (κ1) is 12.7. The minimum absolute atomic E-state index is 0.113. The molecule has 0 saturated carbocycles. The summed E-state index contributed by atoms with van der Waals surface area (Å²) in [6.45, 7) is 3.91. The SMILES string of the molecule is CCCC(N)c1cn(-c2cc(C)cc(F)c2)nn1. The summed E-state index contributed by atoms with van der Waals surface area (Å²) < 4.78 is 14.9. The minimum atomic E-state index is -0.278. The maximum Gasteiger partial charge on any atom is 0.125 e. The van der Waals surface area contributed by atoms with E-state index >= 15 is 0 Å². The predicted octanol–water partition coefficient (Wildman–Crippen LogP) is 2.51. The maximum atomic E-state index is 13.3. The van der Waals surface area contributed by atoms with Gasteiger partial charge in [-0.15, -0.1) is 5.10 Å². The average Bonchev–Trinajstić information content (AvgIpc) is 2.77. The third-order valence-corrected chi connectivity index (χ3v) is 2.78. The number of rotatable bonds is 4. The van der Waals surface area contributed by atoms with E-state index in [4.69, 9.17) is 5.73 Å². The molecule has 0 fully saturated rings. The van der Waals surface area contributed by atoms with E-state index < -0.39 is 0 Å². The summed E-state index contributed by atoms with van der Waals surface area (Å²) in [4.78, 5) is 0. The topological polar surface area (TPSA) is 56.7 Å². The molecule has 0 bridgehead atoms. The summed E-state index contributed by atoms with van der Waals surface area (Å²) >= 11 is 0. The van der Waals surface area contributed by atoms with Crippen LogP contribution in [0.5, 0.6) is 0 Å². The highest BCUT2D eigenvalue weighted by Gasteiger charge is 2.10. The molecule has 1 heterocycles. The lowest BCUT2D eigenvalue weighted by atomic mass is 10.1. The van der Waals surface area contributed by atoms with Gasteiger partial charge in [0.05, 0.1) is 23.6 Å². The van der Waals surface area contributed by atoms with E-state index in [0.29, 0.717) is 5.69 Å². The first-order chi connectivity index (χ1) is 8.60. The molecule has 5 heteroatoms. The van der Waals surface area contributed by atoms with Gasteiger partial charge in [-0.05, 0) is 37.1 Å². The molecule has 1 unspecified atom stereocenters. The molecule has 18 heavy (non-hydrogen) atoms. The van der Waals surface area contributed by atoms with Gasteiger partial charge in [0, 0.05) is 0 Å². The van der Waals surface area contributed by atoms with Crippen molar-refractivity contribution in [2.75, 3.05) is 0 Å². The zero-order chi connectivity index (χ0) is 13.1. The second-order valence-electron chi connectivity index (χ2n) is 4.47. The van der Waals surface area contributed by atoms with Gasteiger partial charge in [-0.1, -0.05) is 18.6 Å². The van der Waals surface area contributed by atoms with Crippen molar-refractivity contribution < 1.29 is 4.39 Å². The van der Waals surface area contributed by atoms with Gasteiger partial charge in [-0.2, -0.15) is 0 Å². The number of hydrogen-bond donors (Lipinski definition) is 1. The van der Waals surface area contributed by atoms with Crippen molar-refractivity contribution in [3.8, 4) is 5.69 Å². The van der Waals surface area contributed by atoms with Crippen LogP contribution >= 0.6 is 0 Å². The Balaban J connectivity index is 2.29. The molecular formula is C13H17FN4. The van der Waals surface area contributed by atoms with Crippen molar-refractivity contribution in [2.45, 2.75) is 32.7 Å². The van der Waals surface area contributed by atoms with E-state index in [2.05, 4.69) is 17.2 Å². The molecule has 96 valence electrons. The second kappa shape index (κ2) is 5.27. The standard InChI is InChI=1S/C13H17FN4/c1-3-4-12(15)13-8-18(17-16-13)11-6-9(2)5-10(14)7-11/h5-8,12H,3-4,15H2,1-2H3. The molecule has 0 amide bonds. The van der Waals surface area contributed by atoms with E-state index in [9.17, 15) is 4.39 Å². The average molecular weight is 248 g/mol. The third-order valence-electron chi connectivity index (χ3n) is 2.78. The van der Waals surface area contributed by atoms with Gasteiger partial charge in [0.2, 0.25) is 0 Å². The number of aromatic nitrogens is 3. The van der Waals surface area contributed by atoms with Crippen LogP contribution in [0.1, 0.15) is 37.1 Å². The van der Waals surface area contributed by atoms with Crippen LogP contribution in [0.2, 0.25) is 0 Å². The molecule has 0 radical (unpaired) electrons. The van der Waals surface area contributed by atoms with Crippen molar-refractivity contribution in [1.29, 1.82) is 0 Å². The number of nitrogens with zero attached hydrogens (tertiary/aromatic N) is 3. The number of nitrogens with two attached hydrogens (primary N) is 1. The molecule has 2 N–H and O–H groups in total. The van der Waals surface area contributed by atoms with Crippen molar-refractivity contribution in [3.05, 3.63) is 41.5 Å². The normalized spacial score (nSPS) is 12.7. The Hall–Kier alpha value is -1.75. The van der Waals surface area contributed by atoms with Crippen LogP contribution in [0, 0.1) is 12.7 Å². The molecule has 0 aliphatic carbocycles. The predicted molar refractivity (Wildman–Crippen MR) is 67.9 cm³/mol. The van der Waals surface area contributed by atoms with Crippen molar-refractivity contribution >= 4 is 0 Å². The van der Waals surface area contributed by atoms with Gasteiger partial charge in [-0.25, -0.2) is 9.07 Å².